The molecule has 29 heavy (non-hydrogen) atoms. The summed E-state index contributed by atoms with van der Waals surface area (Å²) in [6.07, 6.45) is 0. The fourth-order valence-electron chi connectivity index (χ4n) is 3.27. The first-order valence-corrected chi connectivity index (χ1v) is 9.79. The minimum Gasteiger partial charge on any atom is -0.477 e. The molecular formula is C20H25ClN4O4. The van der Waals surface area contributed by atoms with Crippen LogP contribution in [-0.4, -0.2) is 65.3 Å². The van der Waals surface area contributed by atoms with Gasteiger partial charge in [0.1, 0.15) is 0 Å². The van der Waals surface area contributed by atoms with E-state index in [-0.39, 0.29) is 22.8 Å². The first-order valence-electron chi connectivity index (χ1n) is 9.41. The zero-order chi connectivity index (χ0) is 21.2. The van der Waals surface area contributed by atoms with Gasteiger partial charge >= 0.3 is 5.97 Å². The number of carboxylic acids is 1. The Morgan fingerprint density at radius 2 is 1.79 bits per heavy atom. The maximum absolute atomic E-state index is 12.1. The second-order valence-corrected chi connectivity index (χ2v) is 8.52. The number of nitrogens with one attached hydrogen (secondary N) is 1. The molecule has 1 aromatic carbocycles. The highest BCUT2D eigenvalue weighted by Crippen LogP contribution is 2.32. The summed E-state index contributed by atoms with van der Waals surface area (Å²) in [5.41, 5.74) is 0.364. The number of carbonyl (C=O) groups is 2. The number of piperazine rings is 1. The van der Waals surface area contributed by atoms with Crippen LogP contribution in [0.25, 0.3) is 11.3 Å². The van der Waals surface area contributed by atoms with Crippen molar-refractivity contribution in [3.05, 3.63) is 34.9 Å². The number of benzene rings is 1. The van der Waals surface area contributed by atoms with Crippen LogP contribution in [0.3, 0.4) is 0 Å². The Bertz CT molecular complexity index is 881. The maximum atomic E-state index is 12.1. The van der Waals surface area contributed by atoms with E-state index in [0.717, 1.165) is 0 Å². The van der Waals surface area contributed by atoms with Gasteiger partial charge in [0.05, 0.1) is 6.54 Å². The summed E-state index contributed by atoms with van der Waals surface area (Å²) < 4.78 is 5.39. The zero-order valence-corrected chi connectivity index (χ0v) is 17.5. The Hall–Kier alpha value is -2.58. The van der Waals surface area contributed by atoms with Gasteiger partial charge in [0, 0.05) is 42.3 Å². The largest absolute Gasteiger partial charge is 0.477 e. The maximum Gasteiger partial charge on any atom is 0.343 e. The van der Waals surface area contributed by atoms with Gasteiger partial charge in [-0.15, -0.1) is 0 Å². The first kappa shape index (κ1) is 21.1. The minimum atomic E-state index is -1.10. The number of hydrogen-bond donors (Lipinski definition) is 2. The Labute approximate surface area is 174 Å². The van der Waals surface area contributed by atoms with Gasteiger partial charge in [0.25, 0.3) is 0 Å². The van der Waals surface area contributed by atoms with Crippen LogP contribution in [-0.2, 0) is 4.79 Å². The van der Waals surface area contributed by atoms with E-state index < -0.39 is 5.97 Å². The SMILES string of the molecule is CC(C)(C)NC(=O)CN1CCN(c2noc(-c3ccc(Cl)cc3)c2C(=O)O)CC1. The van der Waals surface area contributed by atoms with Crippen molar-refractivity contribution in [2.45, 2.75) is 26.3 Å². The van der Waals surface area contributed by atoms with Crippen LogP contribution < -0.4 is 10.2 Å². The zero-order valence-electron chi connectivity index (χ0n) is 16.7. The lowest BCUT2D eigenvalue weighted by Gasteiger charge is -2.35. The highest BCUT2D eigenvalue weighted by atomic mass is 35.5. The third-order valence-electron chi connectivity index (χ3n) is 4.55. The quantitative estimate of drug-likeness (QED) is 0.767. The number of aromatic carboxylic acids is 1. The summed E-state index contributed by atoms with van der Waals surface area (Å²) >= 11 is 5.91. The molecule has 8 nitrogen and oxygen atoms in total. The molecule has 2 N–H and O–H groups in total. The van der Waals surface area contributed by atoms with E-state index in [1.807, 2.05) is 30.6 Å². The normalized spacial score (nSPS) is 15.4. The van der Waals surface area contributed by atoms with E-state index >= 15 is 0 Å². The van der Waals surface area contributed by atoms with E-state index in [4.69, 9.17) is 16.1 Å². The average Bonchev–Trinajstić information content (AvgIpc) is 3.06. The summed E-state index contributed by atoms with van der Waals surface area (Å²) in [7, 11) is 0. The smallest absolute Gasteiger partial charge is 0.343 e. The summed E-state index contributed by atoms with van der Waals surface area (Å²) in [6, 6.07) is 6.74. The van der Waals surface area contributed by atoms with Gasteiger partial charge in [0.2, 0.25) is 5.91 Å². The molecule has 0 bridgehead atoms. The summed E-state index contributed by atoms with van der Waals surface area (Å²) in [4.78, 5) is 28.0. The molecule has 0 unspecified atom stereocenters. The molecule has 1 amide bonds. The highest BCUT2D eigenvalue weighted by molar-refractivity contribution is 6.30. The van der Waals surface area contributed by atoms with Crippen LogP contribution >= 0.6 is 11.6 Å². The van der Waals surface area contributed by atoms with Crippen LogP contribution in [0.1, 0.15) is 31.1 Å². The Morgan fingerprint density at radius 3 is 2.34 bits per heavy atom. The molecule has 9 heteroatoms. The molecular weight excluding hydrogens is 396 g/mol. The van der Waals surface area contributed by atoms with Crippen molar-refractivity contribution >= 4 is 29.3 Å². The predicted octanol–water partition coefficient (Wildman–Crippen LogP) is 2.73. The van der Waals surface area contributed by atoms with Gasteiger partial charge in [-0.2, -0.15) is 0 Å². The van der Waals surface area contributed by atoms with Crippen molar-refractivity contribution in [1.29, 1.82) is 0 Å². The lowest BCUT2D eigenvalue weighted by Crippen LogP contribution is -2.52. The Kier molecular flexibility index (Phi) is 6.14. The number of amides is 1. The van der Waals surface area contributed by atoms with E-state index in [1.54, 1.807) is 24.3 Å². The van der Waals surface area contributed by atoms with Crippen molar-refractivity contribution in [2.24, 2.45) is 0 Å². The molecule has 0 aliphatic carbocycles. The number of rotatable bonds is 5. The predicted molar refractivity (Wildman–Crippen MR) is 110 cm³/mol. The van der Waals surface area contributed by atoms with E-state index in [1.165, 1.54) is 0 Å². The van der Waals surface area contributed by atoms with Crippen LogP contribution in [0.5, 0.6) is 0 Å². The molecule has 1 aliphatic heterocycles. The van der Waals surface area contributed by atoms with Gasteiger partial charge in [-0.3, -0.25) is 9.69 Å². The molecule has 1 aliphatic rings. The third-order valence-corrected chi connectivity index (χ3v) is 4.80. The molecule has 0 spiro atoms. The lowest BCUT2D eigenvalue weighted by molar-refractivity contribution is -0.123. The van der Waals surface area contributed by atoms with E-state index in [2.05, 4.69) is 10.5 Å². The molecule has 3 rings (SSSR count). The molecule has 1 fully saturated rings. The number of hydrogen-bond acceptors (Lipinski definition) is 6. The first-order chi connectivity index (χ1) is 13.6. The van der Waals surface area contributed by atoms with Gasteiger partial charge in [-0.05, 0) is 45.0 Å². The molecule has 0 saturated carbocycles. The minimum absolute atomic E-state index is 0.0244. The second-order valence-electron chi connectivity index (χ2n) is 8.08. The number of nitrogens with zero attached hydrogens (tertiary/aromatic N) is 3. The van der Waals surface area contributed by atoms with Crippen LogP contribution in [0.2, 0.25) is 5.02 Å². The topological polar surface area (TPSA) is 98.9 Å². The van der Waals surface area contributed by atoms with E-state index in [9.17, 15) is 14.7 Å². The molecule has 1 saturated heterocycles. The lowest BCUT2D eigenvalue weighted by atomic mass is 10.1. The van der Waals surface area contributed by atoms with Gasteiger partial charge in [-0.1, -0.05) is 16.8 Å². The molecule has 0 radical (unpaired) electrons. The van der Waals surface area contributed by atoms with Crippen LogP contribution in [0.15, 0.2) is 28.8 Å². The standard InChI is InChI=1S/C20H25ClN4O4/c1-20(2,3)22-15(26)12-24-8-10-25(11-9-24)18-16(19(27)28)17(29-23-18)13-4-6-14(21)7-5-13/h4-7H,8-12H2,1-3H3,(H,22,26)(H,27,28). The van der Waals surface area contributed by atoms with Crippen molar-refractivity contribution in [3.63, 3.8) is 0 Å². The summed E-state index contributed by atoms with van der Waals surface area (Å²) in [6.45, 7) is 8.49. The summed E-state index contributed by atoms with van der Waals surface area (Å²) in [5.74, 6) is -0.612. The molecule has 156 valence electrons. The molecule has 2 aromatic rings. The Balaban J connectivity index is 1.70. The number of carboxylic acid groups (broad SMARTS) is 1. The van der Waals surface area contributed by atoms with Crippen molar-refractivity contribution in [1.82, 2.24) is 15.4 Å². The number of carbonyl (C=O) groups excluding carboxylic acids is 1. The molecule has 1 aromatic heterocycles. The van der Waals surface area contributed by atoms with Crippen LogP contribution in [0.4, 0.5) is 5.82 Å². The number of halogens is 1. The van der Waals surface area contributed by atoms with E-state index in [0.29, 0.717) is 49.1 Å². The molecule has 2 heterocycles. The van der Waals surface area contributed by atoms with Gasteiger partial charge < -0.3 is 19.8 Å². The number of anilines is 1. The molecule has 0 atom stereocenters. The monoisotopic (exact) mass is 420 g/mol. The van der Waals surface area contributed by atoms with Gasteiger partial charge in [-0.25, -0.2) is 4.79 Å². The third kappa shape index (κ3) is 5.27. The number of aromatic nitrogens is 1. The highest BCUT2D eigenvalue weighted by Gasteiger charge is 2.30. The van der Waals surface area contributed by atoms with Crippen molar-refractivity contribution in [2.75, 3.05) is 37.6 Å². The van der Waals surface area contributed by atoms with Gasteiger partial charge in [0.15, 0.2) is 17.1 Å². The summed E-state index contributed by atoms with van der Waals surface area (Å²) in [5, 5.41) is 17.3. The van der Waals surface area contributed by atoms with Crippen molar-refractivity contribution in [3.8, 4) is 11.3 Å². The average molecular weight is 421 g/mol. The second kappa shape index (κ2) is 8.42. The van der Waals surface area contributed by atoms with Crippen LogP contribution in [0, 0.1) is 0 Å². The fourth-order valence-corrected chi connectivity index (χ4v) is 3.39. The Morgan fingerprint density at radius 1 is 1.17 bits per heavy atom. The fraction of sp³-hybridized carbons (Fsp3) is 0.450. The van der Waals surface area contributed by atoms with Crippen molar-refractivity contribution < 1.29 is 19.2 Å².